The highest BCUT2D eigenvalue weighted by molar-refractivity contribution is 14.1. The molecule has 0 unspecified atom stereocenters. The molecule has 1 rings (SSSR count). The third-order valence-electron chi connectivity index (χ3n) is 1.98. The molecule has 7 heteroatoms. The fourth-order valence-electron chi connectivity index (χ4n) is 1.07. The third-order valence-corrected chi connectivity index (χ3v) is 8.38. The minimum absolute atomic E-state index is 0.205. The third kappa shape index (κ3) is 2.93. The molecular weight excluding hydrogens is 414 g/mol. The Morgan fingerprint density at radius 3 is 2.56 bits per heavy atom. The molecule has 0 aromatic heterocycles. The summed E-state index contributed by atoms with van der Waals surface area (Å²) < 4.78 is 34.3. The van der Waals surface area contributed by atoms with Gasteiger partial charge in [-0.15, -0.1) is 0 Å². The number of hydrogen-bond donors (Lipinski definition) is 1. The van der Waals surface area contributed by atoms with E-state index >= 15 is 0 Å². The first-order valence-corrected chi connectivity index (χ1v) is 7.93. The van der Waals surface area contributed by atoms with E-state index in [0.717, 1.165) is 12.3 Å². The van der Waals surface area contributed by atoms with Crippen molar-refractivity contribution in [2.24, 2.45) is 0 Å². The molecule has 0 saturated carbocycles. The molecule has 0 aliphatic carbocycles. The van der Waals surface area contributed by atoms with E-state index in [9.17, 15) is 17.9 Å². The average molecular weight is 423 g/mol. The van der Waals surface area contributed by atoms with Crippen LogP contribution in [0.15, 0.2) is 24.3 Å². The van der Waals surface area contributed by atoms with Gasteiger partial charge >= 0.3 is 0 Å². The van der Waals surface area contributed by atoms with Crippen molar-refractivity contribution < 1.29 is 17.9 Å². The lowest BCUT2D eigenvalue weighted by Gasteiger charge is -2.25. The molecule has 0 spiro atoms. The molecule has 16 heavy (non-hydrogen) atoms. The van der Waals surface area contributed by atoms with Gasteiger partial charge in [-0.3, -0.25) is 0 Å². The molecule has 1 aromatic rings. The van der Waals surface area contributed by atoms with Gasteiger partial charge in [-0.25, -0.2) is 12.8 Å². The maximum atomic E-state index is 12.9. The molecule has 0 aliphatic rings. The molecule has 3 nitrogen and oxygen atoms in total. The van der Waals surface area contributed by atoms with Crippen LogP contribution in [0.5, 0.6) is 0 Å². The van der Waals surface area contributed by atoms with Crippen molar-refractivity contribution in [2.75, 3.05) is 6.26 Å². The van der Waals surface area contributed by atoms with Crippen LogP contribution < -0.4 is 0 Å². The minimum atomic E-state index is -3.53. The lowest BCUT2D eigenvalue weighted by Crippen LogP contribution is -2.31. The zero-order valence-corrected chi connectivity index (χ0v) is 12.8. The quantitative estimate of drug-likeness (QED) is 0.601. The van der Waals surface area contributed by atoms with Gasteiger partial charge in [-0.05, 0) is 40.3 Å². The molecule has 0 bridgehead atoms. The fraction of sp³-hybridized carbons (Fsp3) is 0.333. The van der Waals surface area contributed by atoms with Gasteiger partial charge < -0.3 is 5.11 Å². The van der Waals surface area contributed by atoms with Crippen molar-refractivity contribution >= 4 is 48.4 Å². The van der Waals surface area contributed by atoms with Crippen LogP contribution >= 0.6 is 38.5 Å². The van der Waals surface area contributed by atoms with E-state index in [-0.39, 0.29) is 5.56 Å². The monoisotopic (exact) mass is 422 g/mol. The highest BCUT2D eigenvalue weighted by Crippen LogP contribution is 2.44. The highest BCUT2D eigenvalue weighted by Gasteiger charge is 2.43. The number of halogens is 3. The Kier molecular flexibility index (Phi) is 4.36. The van der Waals surface area contributed by atoms with E-state index < -0.39 is 23.4 Å². The van der Waals surface area contributed by atoms with Gasteiger partial charge in [0.05, 0.1) is 0 Å². The van der Waals surface area contributed by atoms with Crippen LogP contribution in [0.4, 0.5) is 4.39 Å². The lowest BCUT2D eigenvalue weighted by atomic mass is 10.1. The van der Waals surface area contributed by atoms with Gasteiger partial charge in [0.2, 0.25) is 1.66 Å². The van der Waals surface area contributed by atoms with Gasteiger partial charge in [0.25, 0.3) is 0 Å². The Morgan fingerprint density at radius 1 is 1.56 bits per heavy atom. The zero-order chi connectivity index (χ0) is 12.6. The number of hydrogen-bond acceptors (Lipinski definition) is 3. The number of aliphatic hydroxyl groups excluding tert-OH is 1. The number of sulfone groups is 1. The lowest BCUT2D eigenvalue weighted by molar-refractivity contribution is 0.191. The summed E-state index contributed by atoms with van der Waals surface area (Å²) >= 11 is 4.54. The average Bonchev–Trinajstić information content (AvgIpc) is 2.14. The van der Waals surface area contributed by atoms with Crippen LogP contribution in [0, 0.1) is 5.82 Å². The van der Waals surface area contributed by atoms with Gasteiger partial charge in [0.15, 0.2) is 9.84 Å². The largest absolute Gasteiger partial charge is 0.385 e. The normalized spacial score (nSPS) is 17.8. The molecule has 90 valence electrons. The van der Waals surface area contributed by atoms with Crippen molar-refractivity contribution in [1.29, 1.82) is 0 Å². The molecule has 0 saturated heterocycles. The Morgan fingerprint density at radius 2 is 2.12 bits per heavy atom. The first-order chi connectivity index (χ1) is 7.16. The number of aliphatic hydroxyl groups is 1. The summed E-state index contributed by atoms with van der Waals surface area (Å²) in [6.45, 7) is 0. The number of benzene rings is 1. The second-order valence-corrected chi connectivity index (χ2v) is 11.2. The summed E-state index contributed by atoms with van der Waals surface area (Å²) in [5.41, 5.74) is 0.205. The van der Waals surface area contributed by atoms with E-state index in [1.807, 2.05) is 0 Å². The van der Waals surface area contributed by atoms with E-state index in [2.05, 4.69) is 15.9 Å². The molecule has 0 radical (unpaired) electrons. The van der Waals surface area contributed by atoms with E-state index in [4.69, 9.17) is 0 Å². The minimum Gasteiger partial charge on any atom is -0.385 e. The van der Waals surface area contributed by atoms with Crippen LogP contribution in [0.3, 0.4) is 0 Å². The topological polar surface area (TPSA) is 54.4 Å². The molecule has 0 amide bonds. The molecule has 0 aliphatic heterocycles. The van der Waals surface area contributed by atoms with Crippen molar-refractivity contribution in [3.05, 3.63) is 35.6 Å². The first kappa shape index (κ1) is 14.3. The molecule has 0 fully saturated rings. The summed E-state index contributed by atoms with van der Waals surface area (Å²) in [6, 6.07) is 5.20. The molecular formula is C9H9BrFIO3S. The summed E-state index contributed by atoms with van der Waals surface area (Å²) in [7, 11) is -3.53. The van der Waals surface area contributed by atoms with E-state index in [1.165, 1.54) is 18.2 Å². The van der Waals surface area contributed by atoms with Crippen molar-refractivity contribution in [3.8, 4) is 0 Å². The molecule has 2 atom stereocenters. The SMILES string of the molecule is CS(=O)(=O)[C@@](Br)(I)[C@@H](O)c1cccc(F)c1. The van der Waals surface area contributed by atoms with E-state index in [0.29, 0.717) is 0 Å². The molecule has 0 heterocycles. The predicted octanol–water partition coefficient (Wildman–Crippen LogP) is 2.39. The Balaban J connectivity index is 3.17. The standard InChI is InChI=1S/C9H9BrFIO3S/c1-16(14,15)9(10,12)8(13)6-3-2-4-7(11)5-6/h2-5,8,13H,1H3/t8-,9-/m0/s1. The molecule has 1 aromatic carbocycles. The fourth-order valence-corrected chi connectivity index (χ4v) is 2.24. The first-order valence-electron chi connectivity index (χ1n) is 4.17. The summed E-state index contributed by atoms with van der Waals surface area (Å²) in [6.07, 6.45) is -0.352. The van der Waals surface area contributed by atoms with Crippen molar-refractivity contribution in [3.63, 3.8) is 0 Å². The Hall–Kier alpha value is 0.270. The smallest absolute Gasteiger partial charge is 0.206 e. The van der Waals surface area contributed by atoms with E-state index in [1.54, 1.807) is 22.6 Å². The van der Waals surface area contributed by atoms with Gasteiger partial charge in [0.1, 0.15) is 11.9 Å². The predicted molar refractivity (Wildman–Crippen MR) is 71.9 cm³/mol. The van der Waals surface area contributed by atoms with Crippen LogP contribution in [-0.2, 0) is 9.84 Å². The maximum absolute atomic E-state index is 12.9. The van der Waals surface area contributed by atoms with Crippen LogP contribution in [0.1, 0.15) is 11.7 Å². The van der Waals surface area contributed by atoms with Crippen molar-refractivity contribution in [2.45, 2.75) is 7.77 Å². The van der Waals surface area contributed by atoms with Crippen LogP contribution in [-0.4, -0.2) is 21.4 Å². The second kappa shape index (κ2) is 4.87. The second-order valence-electron chi connectivity index (χ2n) is 3.29. The van der Waals surface area contributed by atoms with Crippen molar-refractivity contribution in [1.82, 2.24) is 0 Å². The maximum Gasteiger partial charge on any atom is 0.206 e. The zero-order valence-electron chi connectivity index (χ0n) is 8.19. The summed E-state index contributed by atoms with van der Waals surface area (Å²) in [5, 5.41) is 9.91. The highest BCUT2D eigenvalue weighted by atomic mass is 127. The Bertz CT molecular complexity index is 489. The summed E-state index contributed by atoms with van der Waals surface area (Å²) in [5.74, 6) is -0.523. The summed E-state index contributed by atoms with van der Waals surface area (Å²) in [4.78, 5) is 0. The van der Waals surface area contributed by atoms with Crippen LogP contribution in [0.25, 0.3) is 0 Å². The Labute approximate surface area is 115 Å². The molecule has 1 N–H and O–H groups in total. The number of alkyl halides is 2. The van der Waals surface area contributed by atoms with Crippen LogP contribution in [0.2, 0.25) is 0 Å². The van der Waals surface area contributed by atoms with Gasteiger partial charge in [0, 0.05) is 6.26 Å². The van der Waals surface area contributed by atoms with Gasteiger partial charge in [-0.2, -0.15) is 0 Å². The number of rotatable bonds is 3. The van der Waals surface area contributed by atoms with Gasteiger partial charge in [-0.1, -0.05) is 28.1 Å².